The van der Waals surface area contributed by atoms with Crippen molar-refractivity contribution in [2.75, 3.05) is 25.1 Å². The van der Waals surface area contributed by atoms with E-state index in [1.807, 2.05) is 25.4 Å². The van der Waals surface area contributed by atoms with Crippen LogP contribution in [0.15, 0.2) is 24.8 Å². The summed E-state index contributed by atoms with van der Waals surface area (Å²) in [6, 6.07) is 1.93. The Hall–Kier alpha value is -2.15. The Bertz CT molecular complexity index is 639. The van der Waals surface area contributed by atoms with E-state index >= 15 is 0 Å². The van der Waals surface area contributed by atoms with Crippen LogP contribution in [0.25, 0.3) is 0 Å². The predicted octanol–water partition coefficient (Wildman–Crippen LogP) is 2.67. The molecule has 0 bridgehead atoms. The van der Waals surface area contributed by atoms with Gasteiger partial charge in [-0.15, -0.1) is 0 Å². The van der Waals surface area contributed by atoms with Gasteiger partial charge in [-0.05, 0) is 32.6 Å². The van der Waals surface area contributed by atoms with E-state index in [0.717, 1.165) is 44.2 Å². The standard InChI is InChI=1S/C17H25N5O2/c1-3-22-8-7-18-17(22)16(13-5-9-23-10-6-13)21-14-11-15(24-4-2)20-12-19-14/h7-8,11-13,16H,3-6,9-10H2,1-2H3,(H,19,20,21). The highest BCUT2D eigenvalue weighted by molar-refractivity contribution is 5.39. The molecule has 7 heteroatoms. The summed E-state index contributed by atoms with van der Waals surface area (Å²) in [5.74, 6) is 2.84. The van der Waals surface area contributed by atoms with Gasteiger partial charge < -0.3 is 19.4 Å². The van der Waals surface area contributed by atoms with Crippen LogP contribution >= 0.6 is 0 Å². The zero-order valence-electron chi connectivity index (χ0n) is 14.3. The third-order valence-corrected chi connectivity index (χ3v) is 4.34. The summed E-state index contributed by atoms with van der Waals surface area (Å²) in [6.45, 7) is 7.14. The van der Waals surface area contributed by atoms with Gasteiger partial charge in [-0.25, -0.2) is 15.0 Å². The second-order valence-electron chi connectivity index (χ2n) is 5.82. The van der Waals surface area contributed by atoms with Crippen molar-refractivity contribution in [3.05, 3.63) is 30.6 Å². The molecule has 0 aromatic carbocycles. The van der Waals surface area contributed by atoms with Gasteiger partial charge in [-0.3, -0.25) is 0 Å². The zero-order chi connectivity index (χ0) is 16.8. The highest BCUT2D eigenvalue weighted by Crippen LogP contribution is 2.32. The number of rotatable bonds is 7. The van der Waals surface area contributed by atoms with Crippen molar-refractivity contribution in [1.82, 2.24) is 19.5 Å². The van der Waals surface area contributed by atoms with Crippen LogP contribution in [0.2, 0.25) is 0 Å². The molecule has 1 N–H and O–H groups in total. The summed E-state index contributed by atoms with van der Waals surface area (Å²) in [6.07, 6.45) is 7.43. The Morgan fingerprint density at radius 2 is 2.12 bits per heavy atom. The van der Waals surface area contributed by atoms with Crippen molar-refractivity contribution in [3.8, 4) is 5.88 Å². The van der Waals surface area contributed by atoms with Crippen LogP contribution in [0, 0.1) is 5.92 Å². The number of nitrogens with one attached hydrogen (secondary N) is 1. The highest BCUT2D eigenvalue weighted by atomic mass is 16.5. The van der Waals surface area contributed by atoms with Crippen LogP contribution in [-0.4, -0.2) is 39.3 Å². The molecule has 0 spiro atoms. The lowest BCUT2D eigenvalue weighted by atomic mass is 9.91. The first-order chi connectivity index (χ1) is 11.8. The molecule has 0 saturated carbocycles. The Labute approximate surface area is 142 Å². The van der Waals surface area contributed by atoms with Gasteiger partial charge in [-0.1, -0.05) is 0 Å². The molecule has 1 fully saturated rings. The van der Waals surface area contributed by atoms with Crippen molar-refractivity contribution < 1.29 is 9.47 Å². The van der Waals surface area contributed by atoms with Crippen LogP contribution < -0.4 is 10.1 Å². The number of hydrogen-bond acceptors (Lipinski definition) is 6. The maximum absolute atomic E-state index is 5.52. The minimum absolute atomic E-state index is 0.0910. The molecule has 7 nitrogen and oxygen atoms in total. The largest absolute Gasteiger partial charge is 0.478 e. The summed E-state index contributed by atoms with van der Waals surface area (Å²) in [5.41, 5.74) is 0. The quantitative estimate of drug-likeness (QED) is 0.841. The second kappa shape index (κ2) is 8.10. The van der Waals surface area contributed by atoms with Crippen molar-refractivity contribution >= 4 is 5.82 Å². The molecule has 0 aliphatic carbocycles. The van der Waals surface area contributed by atoms with Gasteiger partial charge in [-0.2, -0.15) is 0 Å². The van der Waals surface area contributed by atoms with E-state index in [4.69, 9.17) is 9.47 Å². The zero-order valence-corrected chi connectivity index (χ0v) is 14.3. The minimum atomic E-state index is 0.0910. The van der Waals surface area contributed by atoms with Crippen LogP contribution in [-0.2, 0) is 11.3 Å². The number of aryl methyl sites for hydroxylation is 1. The van der Waals surface area contributed by atoms with E-state index in [0.29, 0.717) is 18.4 Å². The molecule has 1 atom stereocenters. The molecule has 3 rings (SSSR count). The Balaban J connectivity index is 1.85. The van der Waals surface area contributed by atoms with Gasteiger partial charge in [0.2, 0.25) is 5.88 Å². The maximum Gasteiger partial charge on any atom is 0.218 e. The molecular weight excluding hydrogens is 306 g/mol. The molecule has 1 aliphatic rings. The van der Waals surface area contributed by atoms with Gasteiger partial charge in [0.05, 0.1) is 12.6 Å². The van der Waals surface area contributed by atoms with E-state index in [2.05, 4.69) is 31.8 Å². The van der Waals surface area contributed by atoms with Gasteiger partial charge in [0.15, 0.2) is 0 Å². The second-order valence-corrected chi connectivity index (χ2v) is 5.82. The number of imidazole rings is 1. The van der Waals surface area contributed by atoms with E-state index < -0.39 is 0 Å². The van der Waals surface area contributed by atoms with E-state index in [9.17, 15) is 0 Å². The van der Waals surface area contributed by atoms with E-state index in [1.165, 1.54) is 6.33 Å². The topological polar surface area (TPSA) is 74.1 Å². The number of hydrogen-bond donors (Lipinski definition) is 1. The lowest BCUT2D eigenvalue weighted by Crippen LogP contribution is -2.29. The SMILES string of the molecule is CCOc1cc(NC(c2nccn2CC)C2CCOCC2)ncn1. The van der Waals surface area contributed by atoms with Crippen molar-refractivity contribution in [1.29, 1.82) is 0 Å². The summed E-state index contributed by atoms with van der Waals surface area (Å²) in [5, 5.41) is 3.55. The number of ether oxygens (including phenoxy) is 2. The fourth-order valence-electron chi connectivity index (χ4n) is 3.11. The van der Waals surface area contributed by atoms with E-state index in [-0.39, 0.29) is 6.04 Å². The first kappa shape index (κ1) is 16.7. The Kier molecular flexibility index (Phi) is 5.63. The van der Waals surface area contributed by atoms with Gasteiger partial charge in [0.1, 0.15) is 18.0 Å². The van der Waals surface area contributed by atoms with Crippen molar-refractivity contribution in [2.24, 2.45) is 5.92 Å². The third kappa shape index (κ3) is 3.84. The molecule has 2 aromatic rings. The number of nitrogens with zero attached hydrogens (tertiary/aromatic N) is 4. The predicted molar refractivity (Wildman–Crippen MR) is 91.0 cm³/mol. The molecule has 0 amide bonds. The number of anilines is 1. The van der Waals surface area contributed by atoms with Crippen LogP contribution in [0.3, 0.4) is 0 Å². The molecule has 3 heterocycles. The smallest absolute Gasteiger partial charge is 0.218 e. The summed E-state index contributed by atoms with van der Waals surface area (Å²) < 4.78 is 13.2. The molecule has 0 radical (unpaired) electrons. The Morgan fingerprint density at radius 1 is 1.29 bits per heavy atom. The normalized spacial score (nSPS) is 16.8. The fourth-order valence-corrected chi connectivity index (χ4v) is 3.11. The molecule has 130 valence electrons. The molecule has 1 unspecified atom stereocenters. The van der Waals surface area contributed by atoms with E-state index in [1.54, 1.807) is 0 Å². The van der Waals surface area contributed by atoms with Crippen molar-refractivity contribution in [3.63, 3.8) is 0 Å². The monoisotopic (exact) mass is 331 g/mol. The number of aromatic nitrogens is 4. The average Bonchev–Trinajstić information content (AvgIpc) is 3.09. The molecule has 1 aliphatic heterocycles. The third-order valence-electron chi connectivity index (χ3n) is 4.34. The van der Waals surface area contributed by atoms with Gasteiger partial charge >= 0.3 is 0 Å². The van der Waals surface area contributed by atoms with Crippen LogP contribution in [0.1, 0.15) is 38.6 Å². The summed E-state index contributed by atoms with van der Waals surface area (Å²) in [4.78, 5) is 13.1. The lowest BCUT2D eigenvalue weighted by molar-refractivity contribution is 0.0593. The minimum Gasteiger partial charge on any atom is -0.478 e. The molecule has 1 saturated heterocycles. The Morgan fingerprint density at radius 3 is 2.88 bits per heavy atom. The van der Waals surface area contributed by atoms with Crippen LogP contribution in [0.5, 0.6) is 5.88 Å². The fraction of sp³-hybridized carbons (Fsp3) is 0.588. The summed E-state index contributed by atoms with van der Waals surface area (Å²) in [7, 11) is 0. The average molecular weight is 331 g/mol. The lowest BCUT2D eigenvalue weighted by Gasteiger charge is -2.31. The van der Waals surface area contributed by atoms with Crippen molar-refractivity contribution in [2.45, 2.75) is 39.3 Å². The summed E-state index contributed by atoms with van der Waals surface area (Å²) >= 11 is 0. The molecule has 24 heavy (non-hydrogen) atoms. The first-order valence-electron chi connectivity index (χ1n) is 8.62. The van der Waals surface area contributed by atoms with Gasteiger partial charge in [0.25, 0.3) is 0 Å². The van der Waals surface area contributed by atoms with Gasteiger partial charge in [0, 0.05) is 38.2 Å². The van der Waals surface area contributed by atoms with Crippen LogP contribution in [0.4, 0.5) is 5.82 Å². The maximum atomic E-state index is 5.52. The first-order valence-corrected chi connectivity index (χ1v) is 8.62. The highest BCUT2D eigenvalue weighted by Gasteiger charge is 2.29. The molecular formula is C17H25N5O2. The molecule has 2 aromatic heterocycles.